The number of ether oxygens (including phenoxy) is 2. The number of nitrogens with two attached hydrogens (primary N) is 1. The minimum atomic E-state index is -0.575. The van der Waals surface area contributed by atoms with E-state index in [9.17, 15) is 14.4 Å². The van der Waals surface area contributed by atoms with Crippen LogP contribution in [0.25, 0.3) is 0 Å². The lowest BCUT2D eigenvalue weighted by molar-refractivity contribution is -0.113. The molecular weight excluding hydrogens is 376 g/mol. The highest BCUT2D eigenvalue weighted by atomic mass is 32.2. The average molecular weight is 403 g/mol. The molecule has 1 amide bonds. The van der Waals surface area contributed by atoms with E-state index in [0.29, 0.717) is 27.7 Å². The van der Waals surface area contributed by atoms with E-state index in [-0.39, 0.29) is 36.4 Å². The molecule has 1 heterocycles. The van der Waals surface area contributed by atoms with Crippen molar-refractivity contribution in [2.75, 3.05) is 36.6 Å². The van der Waals surface area contributed by atoms with Crippen LogP contribution in [0, 0.1) is 12.8 Å². The van der Waals surface area contributed by atoms with Crippen molar-refractivity contribution < 1.29 is 23.9 Å². The van der Waals surface area contributed by atoms with Crippen LogP contribution in [-0.2, 0) is 14.3 Å². The Bertz CT molecular complexity index is 643. The Morgan fingerprint density at radius 1 is 1.23 bits per heavy atom. The summed E-state index contributed by atoms with van der Waals surface area (Å²) >= 11 is 2.42. The molecule has 0 atom stereocenters. The number of thioether (sulfide) groups is 1. The van der Waals surface area contributed by atoms with Crippen molar-refractivity contribution in [3.8, 4) is 0 Å². The maximum Gasteiger partial charge on any atom is 0.348 e. The summed E-state index contributed by atoms with van der Waals surface area (Å²) in [5.41, 5.74) is 6.06. The van der Waals surface area contributed by atoms with Gasteiger partial charge in [0.25, 0.3) is 0 Å². The zero-order valence-electron chi connectivity index (χ0n) is 15.5. The monoisotopic (exact) mass is 402 g/mol. The van der Waals surface area contributed by atoms with Crippen LogP contribution in [0.4, 0.5) is 5.00 Å². The standard InChI is InChI=1S/C17H26N2O5S2/c1-5-23-16(21)13-11(4)14(17(22)24-8-10(2)3)26-15(13)19-12(20)9-25-7-6-18/h10H,5-9,18H2,1-4H3,(H,19,20). The van der Waals surface area contributed by atoms with Crippen LogP contribution < -0.4 is 11.1 Å². The Kier molecular flexibility index (Phi) is 9.68. The first-order valence-corrected chi connectivity index (χ1v) is 10.3. The van der Waals surface area contributed by atoms with Crippen molar-refractivity contribution >= 4 is 45.9 Å². The molecule has 0 aromatic carbocycles. The van der Waals surface area contributed by atoms with Gasteiger partial charge in [-0.1, -0.05) is 13.8 Å². The normalized spacial score (nSPS) is 10.7. The zero-order valence-corrected chi connectivity index (χ0v) is 17.2. The molecule has 7 nitrogen and oxygen atoms in total. The Hall–Kier alpha value is -1.58. The van der Waals surface area contributed by atoms with Gasteiger partial charge in [0.2, 0.25) is 5.91 Å². The highest BCUT2D eigenvalue weighted by Crippen LogP contribution is 2.34. The van der Waals surface area contributed by atoms with E-state index in [1.54, 1.807) is 13.8 Å². The van der Waals surface area contributed by atoms with Gasteiger partial charge in [-0.2, -0.15) is 11.8 Å². The number of hydrogen-bond acceptors (Lipinski definition) is 8. The molecule has 1 aromatic heterocycles. The molecule has 1 rings (SSSR count). The van der Waals surface area contributed by atoms with E-state index < -0.39 is 11.9 Å². The van der Waals surface area contributed by atoms with Gasteiger partial charge in [0.15, 0.2) is 0 Å². The Morgan fingerprint density at radius 2 is 1.92 bits per heavy atom. The lowest BCUT2D eigenvalue weighted by Gasteiger charge is -2.07. The quantitative estimate of drug-likeness (QED) is 0.457. The van der Waals surface area contributed by atoms with Gasteiger partial charge < -0.3 is 20.5 Å². The minimum Gasteiger partial charge on any atom is -0.462 e. The maximum absolute atomic E-state index is 12.3. The van der Waals surface area contributed by atoms with Gasteiger partial charge >= 0.3 is 11.9 Å². The summed E-state index contributed by atoms with van der Waals surface area (Å²) in [5, 5.41) is 3.00. The fraction of sp³-hybridized carbons (Fsp3) is 0.588. The van der Waals surface area contributed by atoms with Crippen molar-refractivity contribution in [3.63, 3.8) is 0 Å². The topological polar surface area (TPSA) is 108 Å². The molecule has 0 fully saturated rings. The molecule has 0 radical (unpaired) electrons. The van der Waals surface area contributed by atoms with E-state index in [4.69, 9.17) is 15.2 Å². The van der Waals surface area contributed by atoms with Crippen LogP contribution >= 0.6 is 23.1 Å². The van der Waals surface area contributed by atoms with Gasteiger partial charge in [-0.25, -0.2) is 9.59 Å². The lowest BCUT2D eigenvalue weighted by Crippen LogP contribution is -2.17. The van der Waals surface area contributed by atoms with Crippen molar-refractivity contribution in [3.05, 3.63) is 16.0 Å². The fourth-order valence-electron chi connectivity index (χ4n) is 1.96. The molecule has 3 N–H and O–H groups in total. The van der Waals surface area contributed by atoms with Gasteiger partial charge in [-0.15, -0.1) is 11.3 Å². The van der Waals surface area contributed by atoms with Crippen molar-refractivity contribution in [1.29, 1.82) is 0 Å². The number of hydrogen-bond donors (Lipinski definition) is 2. The maximum atomic E-state index is 12.3. The predicted molar refractivity (Wildman–Crippen MR) is 105 cm³/mol. The van der Waals surface area contributed by atoms with Crippen molar-refractivity contribution in [2.45, 2.75) is 27.7 Å². The largest absolute Gasteiger partial charge is 0.462 e. The number of carbonyl (C=O) groups is 3. The van der Waals surface area contributed by atoms with E-state index >= 15 is 0 Å². The van der Waals surface area contributed by atoms with Crippen LogP contribution in [-0.4, -0.2) is 49.1 Å². The number of nitrogens with one attached hydrogen (secondary N) is 1. The summed E-state index contributed by atoms with van der Waals surface area (Å²) in [6.07, 6.45) is 0. The first-order valence-electron chi connectivity index (χ1n) is 8.37. The number of carbonyl (C=O) groups excluding carboxylic acids is 3. The highest BCUT2D eigenvalue weighted by molar-refractivity contribution is 7.99. The molecule has 0 spiro atoms. The van der Waals surface area contributed by atoms with Crippen molar-refractivity contribution in [1.82, 2.24) is 0 Å². The summed E-state index contributed by atoms with van der Waals surface area (Å²) < 4.78 is 10.3. The second kappa shape index (κ2) is 11.2. The van der Waals surface area contributed by atoms with Crippen LogP contribution in [0.2, 0.25) is 0 Å². The summed E-state index contributed by atoms with van der Waals surface area (Å²) in [4.78, 5) is 37.0. The summed E-state index contributed by atoms with van der Waals surface area (Å²) in [6.45, 7) is 8.17. The van der Waals surface area contributed by atoms with Gasteiger partial charge in [-0.3, -0.25) is 4.79 Å². The highest BCUT2D eigenvalue weighted by Gasteiger charge is 2.27. The van der Waals surface area contributed by atoms with Gasteiger partial charge in [-0.05, 0) is 25.3 Å². The van der Waals surface area contributed by atoms with Gasteiger partial charge in [0.05, 0.1) is 24.5 Å². The Labute approximate surface area is 162 Å². The smallest absolute Gasteiger partial charge is 0.348 e. The lowest BCUT2D eigenvalue weighted by atomic mass is 10.1. The number of rotatable bonds is 10. The van der Waals surface area contributed by atoms with E-state index in [1.165, 1.54) is 11.8 Å². The number of esters is 2. The summed E-state index contributed by atoms with van der Waals surface area (Å²) in [5.74, 6) is -0.281. The molecule has 0 aliphatic rings. The fourth-order valence-corrected chi connectivity index (χ4v) is 3.64. The third-order valence-electron chi connectivity index (χ3n) is 3.11. The van der Waals surface area contributed by atoms with E-state index in [0.717, 1.165) is 11.3 Å². The zero-order chi connectivity index (χ0) is 19.7. The molecule has 9 heteroatoms. The van der Waals surface area contributed by atoms with Crippen LogP contribution in [0.5, 0.6) is 0 Å². The van der Waals surface area contributed by atoms with Gasteiger partial charge in [0.1, 0.15) is 9.88 Å². The minimum absolute atomic E-state index is 0.195. The molecule has 0 saturated heterocycles. The van der Waals surface area contributed by atoms with Crippen LogP contribution in [0.15, 0.2) is 0 Å². The predicted octanol–water partition coefficient (Wildman–Crippen LogP) is 2.68. The Balaban J connectivity index is 3.05. The first kappa shape index (κ1) is 22.5. The summed E-state index contributed by atoms with van der Waals surface area (Å²) in [6, 6.07) is 0. The van der Waals surface area contributed by atoms with Crippen LogP contribution in [0.3, 0.4) is 0 Å². The van der Waals surface area contributed by atoms with E-state index in [2.05, 4.69) is 5.32 Å². The number of thiophene rings is 1. The average Bonchev–Trinajstić information content (AvgIpc) is 2.89. The molecule has 0 aliphatic carbocycles. The summed E-state index contributed by atoms with van der Waals surface area (Å²) in [7, 11) is 0. The first-order chi connectivity index (χ1) is 12.3. The molecule has 0 saturated carbocycles. The Morgan fingerprint density at radius 3 is 2.50 bits per heavy atom. The molecule has 146 valence electrons. The number of amides is 1. The molecular formula is C17H26N2O5S2. The second-order valence-corrected chi connectivity index (χ2v) is 7.99. The third-order valence-corrected chi connectivity index (χ3v) is 5.29. The molecule has 0 unspecified atom stereocenters. The van der Waals surface area contributed by atoms with E-state index in [1.807, 2.05) is 13.8 Å². The second-order valence-electron chi connectivity index (χ2n) is 5.86. The SMILES string of the molecule is CCOC(=O)c1c(NC(=O)CSCCN)sc(C(=O)OCC(C)C)c1C. The molecule has 0 aliphatic heterocycles. The molecule has 0 bridgehead atoms. The third kappa shape index (κ3) is 6.62. The van der Waals surface area contributed by atoms with Gasteiger partial charge in [0, 0.05) is 12.3 Å². The molecule has 26 heavy (non-hydrogen) atoms. The number of anilines is 1. The molecule has 1 aromatic rings. The van der Waals surface area contributed by atoms with Crippen LogP contribution in [0.1, 0.15) is 46.4 Å². The van der Waals surface area contributed by atoms with Crippen molar-refractivity contribution in [2.24, 2.45) is 11.7 Å².